The van der Waals surface area contributed by atoms with Gasteiger partial charge in [-0.2, -0.15) is 0 Å². The molecule has 3 aromatic rings. The van der Waals surface area contributed by atoms with Crippen LogP contribution in [0.25, 0.3) is 11.4 Å². The number of benzene rings is 2. The van der Waals surface area contributed by atoms with Gasteiger partial charge in [-0.3, -0.25) is 14.3 Å². The van der Waals surface area contributed by atoms with Crippen LogP contribution in [0.2, 0.25) is 0 Å². The Morgan fingerprint density at radius 1 is 0.971 bits per heavy atom. The third-order valence-electron chi connectivity index (χ3n) is 6.31. The highest BCUT2D eigenvalue weighted by Gasteiger charge is 2.54. The number of anilines is 1. The Kier molecular flexibility index (Phi) is 5.47. The van der Waals surface area contributed by atoms with Crippen LogP contribution in [0.1, 0.15) is 25.6 Å². The summed E-state index contributed by atoms with van der Waals surface area (Å²) in [5.74, 6) is 2.04. The fraction of sp³-hybridized carbons (Fsp3) is 0.360. The average molecular weight is 461 g/mol. The summed E-state index contributed by atoms with van der Waals surface area (Å²) in [6.45, 7) is 5.30. The smallest absolute Gasteiger partial charge is 0.327 e. The molecular weight excluding hydrogens is 432 g/mol. The summed E-state index contributed by atoms with van der Waals surface area (Å²) >= 11 is 0. The van der Waals surface area contributed by atoms with E-state index in [1.807, 2.05) is 64.1 Å². The topological polar surface area (TPSA) is 83.8 Å². The van der Waals surface area contributed by atoms with Gasteiger partial charge >= 0.3 is 6.03 Å². The summed E-state index contributed by atoms with van der Waals surface area (Å²) in [6, 6.07) is 16.8. The Morgan fingerprint density at radius 2 is 1.68 bits per heavy atom. The first-order chi connectivity index (χ1) is 16.4. The predicted octanol–water partition coefficient (Wildman–Crippen LogP) is 3.39. The molecule has 0 bridgehead atoms. The second kappa shape index (κ2) is 8.48. The van der Waals surface area contributed by atoms with E-state index < -0.39 is 12.2 Å². The Balaban J connectivity index is 1.47. The Bertz CT molecular complexity index is 1210. The maximum absolute atomic E-state index is 13.2. The van der Waals surface area contributed by atoms with Crippen LogP contribution in [0.5, 0.6) is 5.75 Å². The van der Waals surface area contributed by atoms with E-state index in [2.05, 4.69) is 24.0 Å². The Labute approximate surface area is 198 Å². The van der Waals surface area contributed by atoms with Gasteiger partial charge in [0.25, 0.3) is 5.91 Å². The lowest BCUT2D eigenvalue weighted by molar-refractivity contribution is -0.133. The summed E-state index contributed by atoms with van der Waals surface area (Å²) in [6.07, 6.45) is -0.510. The molecule has 3 heterocycles. The first-order valence-electron chi connectivity index (χ1n) is 11.4. The zero-order valence-corrected chi connectivity index (χ0v) is 19.8. The molecule has 34 heavy (non-hydrogen) atoms. The van der Waals surface area contributed by atoms with E-state index >= 15 is 0 Å². The largest absolute Gasteiger partial charge is 0.489 e. The summed E-state index contributed by atoms with van der Waals surface area (Å²) in [5, 5.41) is 8.90. The third kappa shape index (κ3) is 3.57. The number of nitrogens with zero attached hydrogens (tertiary/aromatic N) is 6. The van der Waals surface area contributed by atoms with E-state index in [1.165, 1.54) is 11.9 Å². The zero-order chi connectivity index (χ0) is 24.0. The first-order valence-corrected chi connectivity index (χ1v) is 11.4. The average Bonchev–Trinajstić information content (AvgIpc) is 3.40. The van der Waals surface area contributed by atoms with Crippen LogP contribution in [0.3, 0.4) is 0 Å². The Morgan fingerprint density at radius 3 is 2.35 bits per heavy atom. The van der Waals surface area contributed by atoms with Crippen molar-refractivity contribution >= 4 is 17.9 Å². The number of ether oxygens (including phenoxy) is 1. The molecule has 176 valence electrons. The van der Waals surface area contributed by atoms with Gasteiger partial charge in [0, 0.05) is 26.2 Å². The van der Waals surface area contributed by atoms with Gasteiger partial charge in [0.05, 0.1) is 0 Å². The highest BCUT2D eigenvalue weighted by Crippen LogP contribution is 2.42. The van der Waals surface area contributed by atoms with E-state index in [-0.39, 0.29) is 11.9 Å². The van der Waals surface area contributed by atoms with Crippen molar-refractivity contribution in [2.75, 3.05) is 25.5 Å². The van der Waals surface area contributed by atoms with E-state index in [0.29, 0.717) is 30.8 Å². The van der Waals surface area contributed by atoms with Gasteiger partial charge in [-0.05, 0) is 35.7 Å². The molecule has 0 N–H and O–H groups in total. The fourth-order valence-corrected chi connectivity index (χ4v) is 4.66. The van der Waals surface area contributed by atoms with Crippen molar-refractivity contribution in [3.05, 3.63) is 60.2 Å². The number of hydrogen-bond acceptors (Lipinski definition) is 6. The van der Waals surface area contributed by atoms with Gasteiger partial charge < -0.3 is 14.5 Å². The quantitative estimate of drug-likeness (QED) is 0.561. The number of fused-ring (bicyclic) bond motifs is 3. The van der Waals surface area contributed by atoms with E-state index in [1.54, 1.807) is 11.9 Å². The number of likely N-dealkylation sites (N-methyl/N-ethyl adjacent to an activating group) is 2. The van der Waals surface area contributed by atoms with Crippen LogP contribution < -0.4 is 9.64 Å². The molecule has 2 atom stereocenters. The van der Waals surface area contributed by atoms with Crippen molar-refractivity contribution in [1.29, 1.82) is 0 Å². The molecular formula is C25H28N6O3. The minimum atomic E-state index is -0.534. The van der Waals surface area contributed by atoms with Crippen LogP contribution in [-0.2, 0) is 11.4 Å². The SMILES string of the molecule is CC(C)CN1c2nnc(-c3ccc(OCc4ccccc4)cc3)n2C2C1C(=O)N(C)C(=O)N2C. The second-order valence-corrected chi connectivity index (χ2v) is 9.19. The van der Waals surface area contributed by atoms with Crippen LogP contribution in [0.15, 0.2) is 54.6 Å². The van der Waals surface area contributed by atoms with E-state index in [4.69, 9.17) is 4.74 Å². The molecule has 2 unspecified atom stereocenters. The van der Waals surface area contributed by atoms with Crippen LogP contribution in [0, 0.1) is 5.92 Å². The summed E-state index contributed by atoms with van der Waals surface area (Å²) in [4.78, 5) is 30.7. The lowest BCUT2D eigenvalue weighted by atomic mass is 10.1. The van der Waals surface area contributed by atoms with Crippen molar-refractivity contribution in [3.63, 3.8) is 0 Å². The number of amides is 3. The molecule has 1 fully saturated rings. The number of carbonyl (C=O) groups excluding carboxylic acids is 2. The van der Waals surface area contributed by atoms with Crippen molar-refractivity contribution in [1.82, 2.24) is 24.6 Å². The fourth-order valence-electron chi connectivity index (χ4n) is 4.66. The molecule has 2 aromatic carbocycles. The summed E-state index contributed by atoms with van der Waals surface area (Å²) in [5.41, 5.74) is 1.93. The second-order valence-electron chi connectivity index (χ2n) is 9.19. The highest BCUT2D eigenvalue weighted by atomic mass is 16.5. The number of hydrogen-bond donors (Lipinski definition) is 0. The third-order valence-corrected chi connectivity index (χ3v) is 6.31. The number of urea groups is 1. The molecule has 5 rings (SSSR count). The van der Waals surface area contributed by atoms with Crippen molar-refractivity contribution < 1.29 is 14.3 Å². The highest BCUT2D eigenvalue weighted by molar-refractivity contribution is 6.02. The molecule has 2 aliphatic rings. The minimum absolute atomic E-state index is 0.227. The summed E-state index contributed by atoms with van der Waals surface area (Å²) in [7, 11) is 3.25. The monoisotopic (exact) mass is 460 g/mol. The molecule has 3 amide bonds. The predicted molar refractivity (Wildman–Crippen MR) is 127 cm³/mol. The molecule has 0 spiro atoms. The first kappa shape index (κ1) is 21.9. The molecule has 9 nitrogen and oxygen atoms in total. The molecule has 0 saturated carbocycles. The van der Waals surface area contributed by atoms with Gasteiger partial charge in [-0.15, -0.1) is 10.2 Å². The van der Waals surface area contributed by atoms with Gasteiger partial charge in [0.1, 0.15) is 18.5 Å². The zero-order valence-electron chi connectivity index (χ0n) is 19.8. The number of imide groups is 1. The maximum atomic E-state index is 13.2. The Hall–Kier alpha value is -3.88. The molecule has 1 saturated heterocycles. The molecule has 0 aliphatic carbocycles. The molecule has 2 aliphatic heterocycles. The van der Waals surface area contributed by atoms with Crippen molar-refractivity contribution in [3.8, 4) is 17.1 Å². The van der Waals surface area contributed by atoms with Crippen molar-refractivity contribution in [2.45, 2.75) is 32.7 Å². The van der Waals surface area contributed by atoms with Crippen LogP contribution >= 0.6 is 0 Å². The van der Waals surface area contributed by atoms with Gasteiger partial charge in [0.2, 0.25) is 5.95 Å². The van der Waals surface area contributed by atoms with Gasteiger partial charge in [-0.25, -0.2) is 4.79 Å². The van der Waals surface area contributed by atoms with Gasteiger partial charge in [0.15, 0.2) is 11.9 Å². The maximum Gasteiger partial charge on any atom is 0.327 e. The standard InChI is InChI=1S/C25H28N6O3/c1-16(2)14-30-20-22(28(3)25(33)29(4)23(20)32)31-21(26-27-24(30)31)18-10-12-19(13-11-18)34-15-17-8-6-5-7-9-17/h5-13,16,20,22H,14-15H2,1-4H3. The number of aromatic nitrogens is 3. The molecule has 9 heteroatoms. The lowest BCUT2D eigenvalue weighted by Crippen LogP contribution is -2.61. The molecule has 0 radical (unpaired) electrons. The molecule has 1 aromatic heterocycles. The number of rotatable bonds is 6. The van der Waals surface area contributed by atoms with E-state index in [0.717, 1.165) is 16.9 Å². The van der Waals surface area contributed by atoms with Crippen molar-refractivity contribution in [2.24, 2.45) is 5.92 Å². The van der Waals surface area contributed by atoms with E-state index in [9.17, 15) is 9.59 Å². The summed E-state index contributed by atoms with van der Waals surface area (Å²) < 4.78 is 7.82. The normalized spacial score (nSPS) is 19.6. The minimum Gasteiger partial charge on any atom is -0.489 e. The van der Waals surface area contributed by atoms with Gasteiger partial charge in [-0.1, -0.05) is 44.2 Å². The number of carbonyl (C=O) groups is 2. The lowest BCUT2D eigenvalue weighted by Gasteiger charge is -2.41. The van der Waals surface area contributed by atoms with Crippen LogP contribution in [0.4, 0.5) is 10.7 Å². The van der Waals surface area contributed by atoms with Crippen LogP contribution in [-0.4, -0.2) is 63.2 Å².